The largest absolute Gasteiger partial charge is 0.368 e. The summed E-state index contributed by atoms with van der Waals surface area (Å²) in [6.45, 7) is 9.19. The molecule has 1 aromatic heterocycles. The van der Waals surface area contributed by atoms with Crippen molar-refractivity contribution in [1.29, 1.82) is 0 Å². The molecule has 128 valence electrons. The van der Waals surface area contributed by atoms with Crippen molar-refractivity contribution in [2.45, 2.75) is 26.3 Å². The van der Waals surface area contributed by atoms with Crippen LogP contribution in [0.1, 0.15) is 25.3 Å². The lowest BCUT2D eigenvalue weighted by Gasteiger charge is -2.34. The van der Waals surface area contributed by atoms with Gasteiger partial charge >= 0.3 is 0 Å². The van der Waals surface area contributed by atoms with Gasteiger partial charge in [0.15, 0.2) is 0 Å². The number of piperazine rings is 1. The summed E-state index contributed by atoms with van der Waals surface area (Å²) in [6, 6.07) is 8.64. The minimum atomic E-state index is 0.316. The Morgan fingerprint density at radius 1 is 1.00 bits per heavy atom. The lowest BCUT2D eigenvalue weighted by Crippen LogP contribution is -2.46. The molecule has 5 heteroatoms. The highest BCUT2D eigenvalue weighted by Gasteiger charge is 2.16. The Morgan fingerprint density at radius 3 is 2.42 bits per heavy atom. The number of rotatable bonds is 6. The predicted octanol–water partition coefficient (Wildman–Crippen LogP) is 2.64. The van der Waals surface area contributed by atoms with Crippen molar-refractivity contribution in [3.8, 4) is 11.1 Å². The van der Waals surface area contributed by atoms with E-state index in [1.54, 1.807) is 12.4 Å². The van der Waals surface area contributed by atoms with Gasteiger partial charge in [0.1, 0.15) is 0 Å². The molecule has 0 unspecified atom stereocenters. The van der Waals surface area contributed by atoms with Gasteiger partial charge in [0.05, 0.1) is 0 Å². The van der Waals surface area contributed by atoms with Crippen molar-refractivity contribution in [1.82, 2.24) is 19.8 Å². The van der Waals surface area contributed by atoms with Gasteiger partial charge in [0.2, 0.25) is 5.95 Å². The fourth-order valence-corrected chi connectivity index (χ4v) is 3.15. The van der Waals surface area contributed by atoms with Crippen molar-refractivity contribution in [2.24, 2.45) is 0 Å². The number of hydrogen-bond acceptors (Lipinski definition) is 5. The average Bonchev–Trinajstić information content (AvgIpc) is 2.62. The van der Waals surface area contributed by atoms with Gasteiger partial charge in [-0.2, -0.15) is 0 Å². The molecule has 5 nitrogen and oxygen atoms in total. The Kier molecular flexibility index (Phi) is 5.77. The lowest BCUT2D eigenvalue weighted by atomic mass is 10.1. The average molecular weight is 325 g/mol. The van der Waals surface area contributed by atoms with Crippen LogP contribution in [0.2, 0.25) is 0 Å². The van der Waals surface area contributed by atoms with Crippen LogP contribution in [-0.2, 0) is 6.54 Å². The second-order valence-electron chi connectivity index (χ2n) is 6.50. The molecule has 24 heavy (non-hydrogen) atoms. The Bertz CT molecular complexity index is 632. The van der Waals surface area contributed by atoms with Gasteiger partial charge in [-0.05, 0) is 30.2 Å². The molecule has 1 aliphatic rings. The van der Waals surface area contributed by atoms with E-state index in [1.807, 2.05) is 0 Å². The van der Waals surface area contributed by atoms with Gasteiger partial charge in [-0.15, -0.1) is 0 Å². The molecule has 3 rings (SSSR count). The van der Waals surface area contributed by atoms with Crippen molar-refractivity contribution < 1.29 is 0 Å². The first kappa shape index (κ1) is 16.9. The molecule has 1 aromatic carbocycles. The quantitative estimate of drug-likeness (QED) is 0.885. The first-order valence-electron chi connectivity index (χ1n) is 8.86. The number of nitrogens with two attached hydrogens (primary N) is 1. The summed E-state index contributed by atoms with van der Waals surface area (Å²) in [5.41, 5.74) is 9.06. The van der Waals surface area contributed by atoms with Crippen LogP contribution in [0.5, 0.6) is 0 Å². The molecule has 0 aliphatic carbocycles. The third kappa shape index (κ3) is 4.52. The fourth-order valence-electron chi connectivity index (χ4n) is 3.15. The molecule has 0 saturated carbocycles. The third-order valence-corrected chi connectivity index (χ3v) is 4.63. The number of aromatic nitrogens is 2. The second-order valence-corrected chi connectivity index (χ2v) is 6.50. The highest BCUT2D eigenvalue weighted by molar-refractivity contribution is 5.62. The van der Waals surface area contributed by atoms with Gasteiger partial charge in [0.25, 0.3) is 0 Å². The van der Waals surface area contributed by atoms with Crippen LogP contribution >= 0.6 is 0 Å². The third-order valence-electron chi connectivity index (χ3n) is 4.63. The molecule has 0 spiro atoms. The Morgan fingerprint density at radius 2 is 1.71 bits per heavy atom. The van der Waals surface area contributed by atoms with Crippen molar-refractivity contribution >= 4 is 5.95 Å². The summed E-state index contributed by atoms with van der Waals surface area (Å²) in [7, 11) is 0. The minimum Gasteiger partial charge on any atom is -0.368 e. The monoisotopic (exact) mass is 325 g/mol. The zero-order chi connectivity index (χ0) is 16.8. The van der Waals surface area contributed by atoms with Gasteiger partial charge in [-0.3, -0.25) is 4.90 Å². The van der Waals surface area contributed by atoms with Crippen LogP contribution in [-0.4, -0.2) is 52.5 Å². The van der Waals surface area contributed by atoms with E-state index in [-0.39, 0.29) is 0 Å². The second kappa shape index (κ2) is 8.22. The van der Waals surface area contributed by atoms with E-state index in [2.05, 4.69) is 51.0 Å². The Labute approximate surface area is 144 Å². The summed E-state index contributed by atoms with van der Waals surface area (Å²) < 4.78 is 0. The molecular formula is C19H27N5. The van der Waals surface area contributed by atoms with Crippen LogP contribution in [0.25, 0.3) is 11.1 Å². The van der Waals surface area contributed by atoms with E-state index in [0.29, 0.717) is 5.95 Å². The fraction of sp³-hybridized carbons (Fsp3) is 0.474. The maximum Gasteiger partial charge on any atom is 0.219 e. The Balaban J connectivity index is 1.58. The highest BCUT2D eigenvalue weighted by Crippen LogP contribution is 2.20. The molecule has 0 amide bonds. The van der Waals surface area contributed by atoms with Crippen molar-refractivity contribution in [3.63, 3.8) is 0 Å². The molecule has 2 N–H and O–H groups in total. The summed E-state index contributed by atoms with van der Waals surface area (Å²) in [4.78, 5) is 13.3. The number of nitrogen functional groups attached to an aromatic ring is 1. The molecule has 1 aliphatic heterocycles. The smallest absolute Gasteiger partial charge is 0.219 e. The number of nitrogens with zero attached hydrogens (tertiary/aromatic N) is 4. The summed E-state index contributed by atoms with van der Waals surface area (Å²) in [6.07, 6.45) is 6.16. The SMILES string of the molecule is CCCCN1CCN(Cc2cccc(-c3cnc(N)nc3)c2)CC1. The van der Waals surface area contributed by atoms with Crippen LogP contribution < -0.4 is 5.73 Å². The van der Waals surface area contributed by atoms with E-state index in [4.69, 9.17) is 5.73 Å². The number of anilines is 1. The van der Waals surface area contributed by atoms with E-state index >= 15 is 0 Å². The van der Waals surface area contributed by atoms with Crippen LogP contribution in [0.15, 0.2) is 36.7 Å². The Hall–Kier alpha value is -1.98. The first-order chi connectivity index (χ1) is 11.7. The van der Waals surface area contributed by atoms with Gasteiger partial charge in [-0.25, -0.2) is 9.97 Å². The molecule has 1 saturated heterocycles. The van der Waals surface area contributed by atoms with E-state index in [1.165, 1.54) is 38.0 Å². The van der Waals surface area contributed by atoms with Gasteiger partial charge in [0, 0.05) is 50.7 Å². The highest BCUT2D eigenvalue weighted by atomic mass is 15.3. The summed E-state index contributed by atoms with van der Waals surface area (Å²) in [5.74, 6) is 0.316. The molecule has 0 bridgehead atoms. The van der Waals surface area contributed by atoms with Crippen molar-refractivity contribution in [2.75, 3.05) is 38.5 Å². The standard InChI is InChI=1S/C19H27N5/c1-2-3-7-23-8-10-24(11-9-23)15-16-5-4-6-17(12-16)18-13-21-19(20)22-14-18/h4-6,12-14H,2-3,7-11,15H2,1H3,(H2,20,21,22). The van der Waals surface area contributed by atoms with Crippen LogP contribution in [0.3, 0.4) is 0 Å². The van der Waals surface area contributed by atoms with Crippen LogP contribution in [0, 0.1) is 0 Å². The van der Waals surface area contributed by atoms with Crippen LogP contribution in [0.4, 0.5) is 5.95 Å². The zero-order valence-electron chi connectivity index (χ0n) is 14.5. The summed E-state index contributed by atoms with van der Waals surface area (Å²) in [5, 5.41) is 0. The molecule has 2 heterocycles. The van der Waals surface area contributed by atoms with E-state index in [0.717, 1.165) is 30.8 Å². The first-order valence-corrected chi connectivity index (χ1v) is 8.86. The lowest BCUT2D eigenvalue weighted by molar-refractivity contribution is 0.126. The van der Waals surface area contributed by atoms with Gasteiger partial charge < -0.3 is 10.6 Å². The molecule has 0 radical (unpaired) electrons. The molecule has 0 atom stereocenters. The zero-order valence-corrected chi connectivity index (χ0v) is 14.5. The topological polar surface area (TPSA) is 58.3 Å². The number of benzene rings is 1. The molecule has 1 fully saturated rings. The predicted molar refractivity (Wildman–Crippen MR) is 98.5 cm³/mol. The maximum atomic E-state index is 5.57. The minimum absolute atomic E-state index is 0.316. The molecule has 2 aromatic rings. The van der Waals surface area contributed by atoms with E-state index < -0.39 is 0 Å². The van der Waals surface area contributed by atoms with Crippen molar-refractivity contribution in [3.05, 3.63) is 42.2 Å². The number of unbranched alkanes of at least 4 members (excludes halogenated alkanes) is 1. The normalized spacial score (nSPS) is 16.4. The molecular weight excluding hydrogens is 298 g/mol. The number of hydrogen-bond donors (Lipinski definition) is 1. The maximum absolute atomic E-state index is 5.57. The van der Waals surface area contributed by atoms with E-state index in [9.17, 15) is 0 Å². The summed E-state index contributed by atoms with van der Waals surface area (Å²) >= 11 is 0. The van der Waals surface area contributed by atoms with Gasteiger partial charge in [-0.1, -0.05) is 31.5 Å².